The van der Waals surface area contributed by atoms with Crippen LogP contribution in [0.3, 0.4) is 0 Å². The Bertz CT molecular complexity index is 613. The summed E-state index contributed by atoms with van der Waals surface area (Å²) in [6.07, 6.45) is 5.08. The molecule has 1 amide bonds. The van der Waals surface area contributed by atoms with Crippen LogP contribution in [0.5, 0.6) is 0 Å². The number of hydrogen-bond donors (Lipinski definition) is 1. The molecule has 0 bridgehead atoms. The Labute approximate surface area is 149 Å². The molecule has 0 aromatic carbocycles. The van der Waals surface area contributed by atoms with Crippen LogP contribution >= 0.6 is 0 Å². The summed E-state index contributed by atoms with van der Waals surface area (Å²) in [5.74, 6) is 2.31. The number of nitrogens with zero attached hydrogens (tertiary/aromatic N) is 2. The van der Waals surface area contributed by atoms with Crippen LogP contribution < -0.4 is 5.73 Å². The second-order valence-corrected chi connectivity index (χ2v) is 7.89. The second-order valence-electron chi connectivity index (χ2n) is 7.89. The summed E-state index contributed by atoms with van der Waals surface area (Å²) in [5.41, 5.74) is 6.18. The lowest BCUT2D eigenvalue weighted by atomic mass is 9.82. The van der Waals surface area contributed by atoms with Gasteiger partial charge in [0.05, 0.1) is 0 Å². The maximum Gasteiger partial charge on any atom is 0.224 e. The van der Waals surface area contributed by atoms with E-state index < -0.39 is 0 Å². The largest absolute Gasteiger partial charge is 0.360 e. The van der Waals surface area contributed by atoms with Crippen LogP contribution in [0, 0.1) is 11.8 Å². The average Bonchev–Trinajstić information content (AvgIpc) is 3.31. The predicted octanol–water partition coefficient (Wildman–Crippen LogP) is 2.74. The van der Waals surface area contributed by atoms with E-state index in [9.17, 15) is 9.59 Å². The van der Waals surface area contributed by atoms with Crippen LogP contribution in [-0.4, -0.2) is 40.9 Å². The van der Waals surface area contributed by atoms with Crippen molar-refractivity contribution in [2.45, 2.75) is 64.3 Å². The molecule has 1 aliphatic carbocycles. The first-order chi connectivity index (χ1) is 11.9. The first kappa shape index (κ1) is 18.1. The Morgan fingerprint density at radius 1 is 1.24 bits per heavy atom. The molecule has 2 N–H and O–H groups in total. The Morgan fingerprint density at radius 3 is 2.52 bits per heavy atom. The monoisotopic (exact) mass is 347 g/mol. The third-order valence-corrected chi connectivity index (χ3v) is 5.49. The quantitative estimate of drug-likeness (QED) is 0.766. The molecule has 1 saturated heterocycles. The molecule has 1 aromatic heterocycles. The van der Waals surface area contributed by atoms with Gasteiger partial charge in [0, 0.05) is 44.0 Å². The van der Waals surface area contributed by atoms with E-state index in [2.05, 4.69) is 12.1 Å². The van der Waals surface area contributed by atoms with Crippen LogP contribution in [-0.2, 0) is 4.79 Å². The van der Waals surface area contributed by atoms with Gasteiger partial charge in [0.15, 0.2) is 5.78 Å². The van der Waals surface area contributed by atoms with Crippen molar-refractivity contribution in [3.63, 3.8) is 0 Å². The zero-order chi connectivity index (χ0) is 18.0. The fraction of sp³-hybridized carbons (Fsp3) is 0.737. The molecule has 2 fully saturated rings. The highest BCUT2D eigenvalue weighted by atomic mass is 16.5. The normalized spacial score (nSPS) is 21.2. The summed E-state index contributed by atoms with van der Waals surface area (Å²) in [6.45, 7) is 5.52. The lowest BCUT2D eigenvalue weighted by molar-refractivity contribution is -0.133. The van der Waals surface area contributed by atoms with Crippen LogP contribution in [0.15, 0.2) is 10.6 Å². The molecule has 6 nitrogen and oxygen atoms in total. The van der Waals surface area contributed by atoms with Crippen molar-refractivity contribution in [2.24, 2.45) is 17.6 Å². The van der Waals surface area contributed by atoms with Gasteiger partial charge in [-0.15, -0.1) is 0 Å². The minimum atomic E-state index is -0.0928. The van der Waals surface area contributed by atoms with Gasteiger partial charge < -0.3 is 15.2 Å². The number of piperidine rings is 1. The Hall–Kier alpha value is -1.69. The van der Waals surface area contributed by atoms with Crippen LogP contribution in [0.25, 0.3) is 0 Å². The number of nitrogens with two attached hydrogens (primary N) is 1. The second kappa shape index (κ2) is 7.68. The van der Waals surface area contributed by atoms with Gasteiger partial charge in [-0.1, -0.05) is 12.1 Å². The molecule has 1 aromatic rings. The van der Waals surface area contributed by atoms with Crippen molar-refractivity contribution in [1.29, 1.82) is 0 Å². The molecular formula is C19H29N3O3. The summed E-state index contributed by atoms with van der Waals surface area (Å²) < 4.78 is 5.28. The third-order valence-electron chi connectivity index (χ3n) is 5.49. The molecule has 2 atom stereocenters. The van der Waals surface area contributed by atoms with Crippen LogP contribution in [0.1, 0.15) is 74.5 Å². The molecule has 1 saturated carbocycles. The SMILES string of the molecule is CC(CC(=O)c1cc(C2CC2)on1)C1CCN(C(=O)C[C@@H](C)N)CC1. The highest BCUT2D eigenvalue weighted by Crippen LogP contribution is 2.40. The highest BCUT2D eigenvalue weighted by molar-refractivity contribution is 5.94. The predicted molar refractivity (Wildman–Crippen MR) is 94.2 cm³/mol. The summed E-state index contributed by atoms with van der Waals surface area (Å²) >= 11 is 0. The zero-order valence-corrected chi connectivity index (χ0v) is 15.2. The highest BCUT2D eigenvalue weighted by Gasteiger charge is 2.31. The molecule has 0 spiro atoms. The van der Waals surface area contributed by atoms with Gasteiger partial charge >= 0.3 is 0 Å². The number of rotatable bonds is 7. The molecule has 3 rings (SSSR count). The summed E-state index contributed by atoms with van der Waals surface area (Å²) in [7, 11) is 0. The Balaban J connectivity index is 1.46. The van der Waals surface area contributed by atoms with Crippen molar-refractivity contribution in [3.8, 4) is 0 Å². The first-order valence-electron chi connectivity index (χ1n) is 9.47. The number of ketones is 1. The molecule has 138 valence electrons. The van der Waals surface area contributed by atoms with E-state index in [1.54, 1.807) is 0 Å². The molecule has 1 unspecified atom stereocenters. The molecule has 25 heavy (non-hydrogen) atoms. The number of amides is 1. The van der Waals surface area contributed by atoms with Crippen molar-refractivity contribution in [2.75, 3.05) is 13.1 Å². The zero-order valence-electron chi connectivity index (χ0n) is 15.2. The topological polar surface area (TPSA) is 89.4 Å². The maximum absolute atomic E-state index is 12.4. The maximum atomic E-state index is 12.4. The van der Waals surface area contributed by atoms with Gasteiger partial charge in [-0.2, -0.15) is 0 Å². The number of aromatic nitrogens is 1. The minimum Gasteiger partial charge on any atom is -0.360 e. The van der Waals surface area contributed by atoms with Crippen molar-refractivity contribution in [3.05, 3.63) is 17.5 Å². The summed E-state index contributed by atoms with van der Waals surface area (Å²) in [6, 6.07) is 1.73. The molecule has 0 radical (unpaired) electrons. The Morgan fingerprint density at radius 2 is 1.92 bits per heavy atom. The summed E-state index contributed by atoms with van der Waals surface area (Å²) in [5, 5.41) is 3.95. The number of likely N-dealkylation sites (tertiary alicyclic amines) is 1. The van der Waals surface area contributed by atoms with Crippen molar-refractivity contribution in [1.82, 2.24) is 10.1 Å². The van der Waals surface area contributed by atoms with Gasteiger partial charge in [0.25, 0.3) is 0 Å². The Kier molecular flexibility index (Phi) is 5.57. The smallest absolute Gasteiger partial charge is 0.224 e. The standard InChI is InChI=1S/C19H29N3O3/c1-12(9-17(23)16-11-18(25-21-16)15-3-4-15)14-5-7-22(8-6-14)19(24)10-13(2)20/h11-15H,3-10,20H2,1-2H3/t12?,13-/m1/s1. The van der Waals surface area contributed by atoms with Crippen LogP contribution in [0.4, 0.5) is 0 Å². The molecular weight excluding hydrogens is 318 g/mol. The fourth-order valence-electron chi connectivity index (χ4n) is 3.67. The molecule has 6 heteroatoms. The van der Waals surface area contributed by atoms with E-state index in [1.165, 1.54) is 0 Å². The number of carbonyl (C=O) groups is 2. The number of Topliss-reactive ketones (excluding diaryl/α,β-unsaturated/α-hetero) is 1. The number of hydrogen-bond acceptors (Lipinski definition) is 5. The van der Waals surface area contributed by atoms with E-state index in [4.69, 9.17) is 10.3 Å². The van der Waals surface area contributed by atoms with E-state index in [-0.39, 0.29) is 17.7 Å². The lowest BCUT2D eigenvalue weighted by Crippen LogP contribution is -2.41. The van der Waals surface area contributed by atoms with Gasteiger partial charge in [0.2, 0.25) is 5.91 Å². The van der Waals surface area contributed by atoms with E-state index >= 15 is 0 Å². The van der Waals surface area contributed by atoms with E-state index in [1.807, 2.05) is 17.9 Å². The molecule has 2 heterocycles. The lowest BCUT2D eigenvalue weighted by Gasteiger charge is -2.35. The first-order valence-corrected chi connectivity index (χ1v) is 9.47. The van der Waals surface area contributed by atoms with Gasteiger partial charge in [-0.3, -0.25) is 9.59 Å². The molecule has 1 aliphatic heterocycles. The van der Waals surface area contributed by atoms with Gasteiger partial charge in [0.1, 0.15) is 11.5 Å². The molecule has 2 aliphatic rings. The average molecular weight is 347 g/mol. The van der Waals surface area contributed by atoms with Crippen molar-refractivity contribution >= 4 is 11.7 Å². The summed E-state index contributed by atoms with van der Waals surface area (Å²) in [4.78, 5) is 26.4. The van der Waals surface area contributed by atoms with Crippen molar-refractivity contribution < 1.29 is 14.1 Å². The van der Waals surface area contributed by atoms with E-state index in [0.717, 1.165) is 44.5 Å². The minimum absolute atomic E-state index is 0.0682. The van der Waals surface area contributed by atoms with Gasteiger partial charge in [-0.05, 0) is 44.4 Å². The van der Waals surface area contributed by atoms with E-state index in [0.29, 0.717) is 36.3 Å². The third kappa shape index (κ3) is 4.69. The fourth-order valence-corrected chi connectivity index (χ4v) is 3.67. The van der Waals surface area contributed by atoms with Gasteiger partial charge in [-0.25, -0.2) is 0 Å². The van der Waals surface area contributed by atoms with Crippen LogP contribution in [0.2, 0.25) is 0 Å². The number of carbonyl (C=O) groups excluding carboxylic acids is 2.